The smallest absolute Gasteiger partial charge is 0.234 e. The molecule has 0 saturated carbocycles. The van der Waals surface area contributed by atoms with Crippen molar-refractivity contribution in [3.05, 3.63) is 29.8 Å². The van der Waals surface area contributed by atoms with Gasteiger partial charge in [-0.1, -0.05) is 31.5 Å². The summed E-state index contributed by atoms with van der Waals surface area (Å²) in [6, 6.07) is 8.71. The van der Waals surface area contributed by atoms with Gasteiger partial charge in [0, 0.05) is 36.3 Å². The van der Waals surface area contributed by atoms with Crippen LogP contribution in [0.25, 0.3) is 0 Å². The van der Waals surface area contributed by atoms with Crippen LogP contribution in [-0.4, -0.2) is 48.8 Å². The first kappa shape index (κ1) is 18.3. The van der Waals surface area contributed by atoms with Gasteiger partial charge in [0.05, 0.1) is 6.54 Å². The SMILES string of the molecule is Cc1ccc(SCCNC(=O)CN2CCC(N)C(C)(C)C2)cc1. The molecule has 0 radical (unpaired) electrons. The number of piperidine rings is 1. The lowest BCUT2D eigenvalue weighted by Crippen LogP contribution is -2.54. The van der Waals surface area contributed by atoms with Crippen LogP contribution in [-0.2, 0) is 4.79 Å². The van der Waals surface area contributed by atoms with Crippen molar-refractivity contribution >= 4 is 17.7 Å². The third-order valence-electron chi connectivity index (χ3n) is 4.47. The number of nitrogens with two attached hydrogens (primary N) is 1. The molecule has 5 heteroatoms. The van der Waals surface area contributed by atoms with Gasteiger partial charge in [0.2, 0.25) is 5.91 Å². The van der Waals surface area contributed by atoms with Crippen LogP contribution in [0.1, 0.15) is 25.8 Å². The van der Waals surface area contributed by atoms with Gasteiger partial charge in [-0.25, -0.2) is 0 Å². The van der Waals surface area contributed by atoms with Crippen molar-refractivity contribution in [1.29, 1.82) is 0 Å². The predicted octanol–water partition coefficient (Wildman–Crippen LogP) is 2.26. The van der Waals surface area contributed by atoms with Gasteiger partial charge in [-0.05, 0) is 30.9 Å². The Morgan fingerprint density at radius 3 is 2.74 bits per heavy atom. The van der Waals surface area contributed by atoms with Crippen LogP contribution in [0.5, 0.6) is 0 Å². The second-order valence-corrected chi connectivity index (χ2v) is 8.27. The molecule has 0 aliphatic carbocycles. The molecule has 1 aromatic carbocycles. The highest BCUT2D eigenvalue weighted by Gasteiger charge is 2.33. The van der Waals surface area contributed by atoms with Crippen molar-refractivity contribution in [2.75, 3.05) is 31.9 Å². The third-order valence-corrected chi connectivity index (χ3v) is 5.49. The van der Waals surface area contributed by atoms with Gasteiger partial charge in [-0.15, -0.1) is 11.8 Å². The maximum atomic E-state index is 12.1. The molecule has 1 atom stereocenters. The highest BCUT2D eigenvalue weighted by molar-refractivity contribution is 7.99. The number of benzene rings is 1. The van der Waals surface area contributed by atoms with E-state index in [0.717, 1.165) is 25.3 Å². The monoisotopic (exact) mass is 335 g/mol. The first-order valence-corrected chi connectivity index (χ1v) is 9.29. The van der Waals surface area contributed by atoms with Crippen LogP contribution in [0, 0.1) is 12.3 Å². The molecule has 0 spiro atoms. The average molecular weight is 336 g/mol. The van der Waals surface area contributed by atoms with Crippen molar-refractivity contribution in [2.24, 2.45) is 11.1 Å². The maximum Gasteiger partial charge on any atom is 0.234 e. The summed E-state index contributed by atoms with van der Waals surface area (Å²) in [4.78, 5) is 15.5. The van der Waals surface area contributed by atoms with Crippen molar-refractivity contribution in [3.63, 3.8) is 0 Å². The lowest BCUT2D eigenvalue weighted by atomic mass is 9.80. The van der Waals surface area contributed by atoms with Crippen molar-refractivity contribution in [3.8, 4) is 0 Å². The maximum absolute atomic E-state index is 12.1. The molecule has 1 aliphatic heterocycles. The van der Waals surface area contributed by atoms with Crippen LogP contribution < -0.4 is 11.1 Å². The van der Waals surface area contributed by atoms with Gasteiger partial charge in [0.25, 0.3) is 0 Å². The molecular formula is C18H29N3OS. The van der Waals surface area contributed by atoms with E-state index in [1.807, 2.05) is 0 Å². The number of aryl methyl sites for hydroxylation is 1. The standard InChI is InChI=1S/C18H29N3OS/c1-14-4-6-15(7-5-14)23-11-9-20-17(22)12-21-10-8-16(19)18(2,3)13-21/h4-7,16H,8-13,19H2,1-3H3,(H,20,22). The molecule has 0 bridgehead atoms. The number of carbonyl (C=O) groups excluding carboxylic acids is 1. The van der Waals surface area contributed by atoms with Crippen LogP contribution >= 0.6 is 11.8 Å². The Labute approximate surface area is 144 Å². The zero-order chi connectivity index (χ0) is 16.9. The van der Waals surface area contributed by atoms with E-state index in [1.54, 1.807) is 11.8 Å². The molecule has 128 valence electrons. The highest BCUT2D eigenvalue weighted by atomic mass is 32.2. The lowest BCUT2D eigenvalue weighted by molar-refractivity contribution is -0.122. The molecule has 1 saturated heterocycles. The Hall–Kier alpha value is -1.04. The molecule has 1 amide bonds. The van der Waals surface area contributed by atoms with Gasteiger partial charge in [0.1, 0.15) is 0 Å². The summed E-state index contributed by atoms with van der Waals surface area (Å²) in [7, 11) is 0. The zero-order valence-electron chi connectivity index (χ0n) is 14.5. The van der Waals surface area contributed by atoms with E-state index in [1.165, 1.54) is 10.5 Å². The summed E-state index contributed by atoms with van der Waals surface area (Å²) < 4.78 is 0. The van der Waals surface area contributed by atoms with Crippen LogP contribution in [0.4, 0.5) is 0 Å². The molecule has 0 aromatic heterocycles. The summed E-state index contributed by atoms with van der Waals surface area (Å²) in [5, 5.41) is 3.02. The van der Waals surface area contributed by atoms with Gasteiger partial charge < -0.3 is 11.1 Å². The van der Waals surface area contributed by atoms with E-state index in [2.05, 4.69) is 55.3 Å². The minimum Gasteiger partial charge on any atom is -0.354 e. The summed E-state index contributed by atoms with van der Waals surface area (Å²) in [6.07, 6.45) is 0.962. The number of nitrogens with zero attached hydrogens (tertiary/aromatic N) is 1. The van der Waals surface area contributed by atoms with Crippen molar-refractivity contribution < 1.29 is 4.79 Å². The first-order chi connectivity index (χ1) is 10.9. The summed E-state index contributed by atoms with van der Waals surface area (Å²) in [5.74, 6) is 1.01. The Morgan fingerprint density at radius 1 is 1.39 bits per heavy atom. The lowest BCUT2D eigenvalue weighted by Gasteiger charge is -2.42. The van der Waals surface area contributed by atoms with E-state index in [9.17, 15) is 4.79 Å². The molecule has 23 heavy (non-hydrogen) atoms. The van der Waals surface area contributed by atoms with Crippen LogP contribution in [0.3, 0.4) is 0 Å². The Kier molecular flexibility index (Phi) is 6.50. The van der Waals surface area contributed by atoms with Crippen molar-refractivity contribution in [1.82, 2.24) is 10.2 Å². The van der Waals surface area contributed by atoms with E-state index in [0.29, 0.717) is 13.1 Å². The zero-order valence-corrected chi connectivity index (χ0v) is 15.3. The molecule has 3 N–H and O–H groups in total. The summed E-state index contributed by atoms with van der Waals surface area (Å²) in [6.45, 7) is 9.43. The second-order valence-electron chi connectivity index (χ2n) is 7.11. The number of hydrogen-bond acceptors (Lipinski definition) is 4. The van der Waals surface area contributed by atoms with Gasteiger partial charge in [-0.2, -0.15) is 0 Å². The van der Waals surface area contributed by atoms with Gasteiger partial charge in [0.15, 0.2) is 0 Å². The minimum absolute atomic E-state index is 0.0832. The molecule has 1 unspecified atom stereocenters. The first-order valence-electron chi connectivity index (χ1n) is 8.31. The molecule has 1 fully saturated rings. The number of rotatable bonds is 6. The number of nitrogens with one attached hydrogen (secondary N) is 1. The molecule has 1 aromatic rings. The summed E-state index contributed by atoms with van der Waals surface area (Å²) in [5.41, 5.74) is 7.49. The van der Waals surface area contributed by atoms with E-state index in [4.69, 9.17) is 5.73 Å². The fourth-order valence-corrected chi connectivity index (χ4v) is 3.64. The Bertz CT molecular complexity index is 516. The summed E-state index contributed by atoms with van der Waals surface area (Å²) >= 11 is 1.77. The topological polar surface area (TPSA) is 58.4 Å². The molecular weight excluding hydrogens is 306 g/mol. The van der Waals surface area contributed by atoms with Gasteiger partial charge in [-0.3, -0.25) is 9.69 Å². The normalized spacial score (nSPS) is 21.1. The van der Waals surface area contributed by atoms with Crippen LogP contribution in [0.15, 0.2) is 29.2 Å². The Morgan fingerprint density at radius 2 is 2.09 bits per heavy atom. The molecule has 4 nitrogen and oxygen atoms in total. The second kappa shape index (κ2) is 8.18. The fraction of sp³-hybridized carbons (Fsp3) is 0.611. The average Bonchev–Trinajstić information content (AvgIpc) is 2.49. The largest absolute Gasteiger partial charge is 0.354 e. The number of hydrogen-bond donors (Lipinski definition) is 2. The van der Waals surface area contributed by atoms with E-state index < -0.39 is 0 Å². The number of carbonyl (C=O) groups is 1. The van der Waals surface area contributed by atoms with Gasteiger partial charge >= 0.3 is 0 Å². The quantitative estimate of drug-likeness (QED) is 0.618. The molecule has 1 heterocycles. The van der Waals surface area contributed by atoms with E-state index in [-0.39, 0.29) is 17.4 Å². The molecule has 1 aliphatic rings. The fourth-order valence-electron chi connectivity index (χ4n) is 2.87. The van der Waals surface area contributed by atoms with E-state index >= 15 is 0 Å². The Balaban J connectivity index is 1.64. The number of amides is 1. The third kappa shape index (κ3) is 5.83. The predicted molar refractivity (Wildman–Crippen MR) is 97.7 cm³/mol. The number of thioether (sulfide) groups is 1. The van der Waals surface area contributed by atoms with Crippen LogP contribution in [0.2, 0.25) is 0 Å². The van der Waals surface area contributed by atoms with Crippen molar-refractivity contribution in [2.45, 2.75) is 38.1 Å². The number of likely N-dealkylation sites (tertiary alicyclic amines) is 1. The minimum atomic E-state index is 0.0832. The molecule has 2 rings (SSSR count). The highest BCUT2D eigenvalue weighted by Crippen LogP contribution is 2.27.